The van der Waals surface area contributed by atoms with Gasteiger partial charge >= 0.3 is 40.0 Å². The molecule has 0 fully saturated rings. The summed E-state index contributed by atoms with van der Waals surface area (Å²) >= 11 is 4.27. The topological polar surface area (TPSA) is 77.8 Å². The molecule has 0 bridgehead atoms. The van der Waals surface area contributed by atoms with Gasteiger partial charge in [-0.05, 0) is 12.1 Å². The number of phenols is 3. The molecule has 1 aromatic rings. The van der Waals surface area contributed by atoms with E-state index in [2.05, 4.69) is 12.6 Å². The van der Waals surface area contributed by atoms with Gasteiger partial charge in [-0.1, -0.05) is 0 Å². The van der Waals surface area contributed by atoms with Gasteiger partial charge in [-0.25, -0.2) is 0 Å². The van der Waals surface area contributed by atoms with Crippen molar-refractivity contribution in [1.82, 2.24) is 0 Å². The van der Waals surface area contributed by atoms with Gasteiger partial charge in [-0.2, -0.15) is 0 Å². The van der Waals surface area contributed by atoms with Crippen molar-refractivity contribution in [3.63, 3.8) is 0 Å². The van der Waals surface area contributed by atoms with E-state index in [1.54, 1.807) is 0 Å². The predicted octanol–water partition coefficient (Wildman–Crippen LogP) is -0.964. The minimum absolute atomic E-state index is 0. The molecule has 0 atom stereocenters. The number of rotatable bonds is 1. The molecule has 0 spiro atoms. The van der Waals surface area contributed by atoms with Crippen LogP contribution in [0.5, 0.6) is 17.2 Å². The van der Waals surface area contributed by atoms with Crippen molar-refractivity contribution in [1.29, 1.82) is 0 Å². The first-order valence-electron chi connectivity index (χ1n) is 2.98. The first-order valence-corrected chi connectivity index (χ1v) is 3.39. The molecule has 0 amide bonds. The Morgan fingerprint density at radius 2 is 1.50 bits per heavy atom. The summed E-state index contributed by atoms with van der Waals surface area (Å²) in [6, 6.07) is 1.98. The molecule has 0 saturated heterocycles. The molecule has 14 heavy (non-hydrogen) atoms. The summed E-state index contributed by atoms with van der Waals surface area (Å²) in [7, 11) is 0. The second-order valence-corrected chi connectivity index (χ2v) is 2.52. The molecular formula is C7H9AgGeO4S. The van der Waals surface area contributed by atoms with E-state index in [1.807, 2.05) is 0 Å². The van der Waals surface area contributed by atoms with Crippen LogP contribution in [0.2, 0.25) is 0 Å². The Balaban J connectivity index is 0. The van der Waals surface area contributed by atoms with E-state index in [0.717, 1.165) is 12.1 Å². The van der Waals surface area contributed by atoms with E-state index >= 15 is 0 Å². The normalized spacial score (nSPS) is 8.29. The van der Waals surface area contributed by atoms with Crippen LogP contribution in [0.15, 0.2) is 12.1 Å². The van der Waals surface area contributed by atoms with Gasteiger partial charge in [0.15, 0.2) is 17.2 Å². The molecule has 0 saturated carbocycles. The van der Waals surface area contributed by atoms with Crippen LogP contribution in [0, 0.1) is 0 Å². The molecule has 0 aliphatic carbocycles. The molecule has 1 rings (SSSR count). The fourth-order valence-corrected chi connectivity index (χ4v) is 0.840. The van der Waals surface area contributed by atoms with Crippen LogP contribution in [0.4, 0.5) is 0 Å². The van der Waals surface area contributed by atoms with Gasteiger partial charge in [0, 0.05) is 10.7 Å². The number of aromatic hydroxyl groups is 3. The van der Waals surface area contributed by atoms with E-state index in [9.17, 15) is 4.79 Å². The molecule has 82 valence electrons. The first kappa shape index (κ1) is 16.2. The number of carbonyl (C=O) groups excluding carboxylic acids is 1. The van der Waals surface area contributed by atoms with E-state index in [0.29, 0.717) is 0 Å². The second-order valence-electron chi connectivity index (χ2n) is 2.15. The Morgan fingerprint density at radius 3 is 1.79 bits per heavy atom. The van der Waals surface area contributed by atoms with Crippen LogP contribution >= 0.6 is 0 Å². The van der Waals surface area contributed by atoms with Gasteiger partial charge in [0.1, 0.15) is 0 Å². The number of hydrogen-bond acceptors (Lipinski definition) is 5. The van der Waals surface area contributed by atoms with E-state index in [1.165, 1.54) is 0 Å². The first-order chi connectivity index (χ1) is 5.52. The van der Waals surface area contributed by atoms with E-state index in [-0.39, 0.29) is 45.5 Å². The fourth-order valence-electron chi connectivity index (χ4n) is 0.722. The zero-order chi connectivity index (χ0) is 9.30. The molecule has 0 aliphatic heterocycles. The number of hydrogen-bond donors (Lipinski definition) is 3. The van der Waals surface area contributed by atoms with Crippen molar-refractivity contribution in [3.8, 4) is 17.2 Å². The molecule has 1 aromatic carbocycles. The van der Waals surface area contributed by atoms with Crippen LogP contribution in [0.25, 0.3) is 0 Å². The van der Waals surface area contributed by atoms with Crippen LogP contribution < -0.4 is 0 Å². The molecule has 0 unspecified atom stereocenters. The fraction of sp³-hybridized carbons (Fsp3) is 0. The molecule has 0 aromatic heterocycles. The standard InChI is InChI=1S/C7H6O4S.Ag.GeH4/c8-4-1-3(7(11)12)2-5(9)6(4)10;;/h1-2,8-10H,(H,11,12);;1H4/q;+1;/p-1. The number of carbonyl (C=O) groups is 1. The quantitative estimate of drug-likeness (QED) is 0.337. The Morgan fingerprint density at radius 1 is 1.14 bits per heavy atom. The maximum absolute atomic E-state index is 10.6. The summed E-state index contributed by atoms with van der Waals surface area (Å²) in [5, 5.41) is 26.0. The van der Waals surface area contributed by atoms with Crippen molar-refractivity contribution >= 4 is 35.3 Å². The summed E-state index contributed by atoms with van der Waals surface area (Å²) < 4.78 is 0. The summed E-state index contributed by atoms with van der Waals surface area (Å²) in [6.45, 7) is 0. The average Bonchev–Trinajstić information content (AvgIpc) is 1.99. The van der Waals surface area contributed by atoms with Crippen molar-refractivity contribution in [2.24, 2.45) is 0 Å². The molecule has 4 nitrogen and oxygen atoms in total. The van der Waals surface area contributed by atoms with Gasteiger partial charge in [0.25, 0.3) is 0 Å². The van der Waals surface area contributed by atoms with Gasteiger partial charge in [0.2, 0.25) is 0 Å². The molecule has 7 heteroatoms. The molecule has 0 heterocycles. The van der Waals surface area contributed by atoms with Crippen LogP contribution in [0.3, 0.4) is 0 Å². The Kier molecular flexibility index (Phi) is 7.31. The van der Waals surface area contributed by atoms with Crippen LogP contribution in [-0.2, 0) is 35.0 Å². The molecule has 0 radical (unpaired) electrons. The molecule has 3 N–H and O–H groups in total. The summed E-state index contributed by atoms with van der Waals surface area (Å²) in [5.74, 6) is -1.79. The monoisotopic (exact) mass is 370 g/mol. The van der Waals surface area contributed by atoms with Gasteiger partial charge in [-0.15, -0.1) is 0 Å². The summed E-state index contributed by atoms with van der Waals surface area (Å²) in [4.78, 5) is 10.6. The van der Waals surface area contributed by atoms with Crippen LogP contribution in [-0.4, -0.2) is 38.0 Å². The Bertz CT molecular complexity index is 321. The van der Waals surface area contributed by atoms with Crippen molar-refractivity contribution in [2.45, 2.75) is 0 Å². The van der Waals surface area contributed by atoms with Gasteiger partial charge in [0.05, 0.1) is 0 Å². The van der Waals surface area contributed by atoms with Crippen molar-refractivity contribution < 1.29 is 42.5 Å². The zero-order valence-corrected chi connectivity index (χ0v) is 8.41. The molecule has 0 aliphatic rings. The van der Waals surface area contributed by atoms with Gasteiger partial charge < -0.3 is 32.7 Å². The van der Waals surface area contributed by atoms with Crippen molar-refractivity contribution in [2.75, 3.05) is 0 Å². The third kappa shape index (κ3) is 3.51. The predicted molar refractivity (Wildman–Crippen MR) is 54.5 cm³/mol. The minimum atomic E-state index is -0.708. The van der Waals surface area contributed by atoms with Crippen molar-refractivity contribution in [3.05, 3.63) is 17.7 Å². The second kappa shape index (κ2) is 6.31. The summed E-state index contributed by atoms with van der Waals surface area (Å²) in [6.07, 6.45) is 0. The Hall–Kier alpha value is -0.207. The van der Waals surface area contributed by atoms with Crippen LogP contribution in [0.1, 0.15) is 10.4 Å². The average molecular weight is 370 g/mol. The molecular weight excluding hydrogens is 361 g/mol. The Labute approximate surface area is 112 Å². The van der Waals surface area contributed by atoms with E-state index < -0.39 is 22.4 Å². The third-order valence-electron chi connectivity index (χ3n) is 1.31. The van der Waals surface area contributed by atoms with Gasteiger partial charge in [-0.3, -0.25) is 0 Å². The SMILES string of the molecule is O=C([S-])c1cc(O)c(O)c(O)c1.[Ag+].[GeH4]. The summed E-state index contributed by atoms with van der Waals surface area (Å²) in [5.41, 5.74) is -0.0298. The van der Waals surface area contributed by atoms with E-state index in [4.69, 9.17) is 15.3 Å². The number of phenolic OH excluding ortho intramolecular Hbond substituents is 3. The maximum atomic E-state index is 10.6. The zero-order valence-electron chi connectivity index (χ0n) is 6.11. The third-order valence-corrected chi connectivity index (χ3v) is 1.54. The number of benzene rings is 1.